The van der Waals surface area contributed by atoms with Gasteiger partial charge in [0, 0.05) is 0 Å². The fourth-order valence-corrected chi connectivity index (χ4v) is 1.90. The lowest BCUT2D eigenvalue weighted by molar-refractivity contribution is -0.153. The monoisotopic (exact) mass is 342 g/mol. The van der Waals surface area contributed by atoms with Crippen molar-refractivity contribution >= 4 is 17.6 Å². The van der Waals surface area contributed by atoms with Crippen molar-refractivity contribution in [1.29, 1.82) is 5.26 Å². The zero-order chi connectivity index (χ0) is 18.2. The standard InChI is InChI=1S/C18H15FN2O4/c1-12(25-15-8-6-14(19)7-9-15)18(23)24-11-17(22)21-16-5-3-2-4-13(16)10-20/h2-9,12H,11H2,1H3,(H,21,22)/t12-/m0/s1. The quantitative estimate of drug-likeness (QED) is 0.815. The van der Waals surface area contributed by atoms with Crippen molar-refractivity contribution < 1.29 is 23.5 Å². The maximum Gasteiger partial charge on any atom is 0.347 e. The number of nitrogens with zero attached hydrogens (tertiary/aromatic N) is 1. The van der Waals surface area contributed by atoms with Gasteiger partial charge in [-0.3, -0.25) is 4.79 Å². The summed E-state index contributed by atoms with van der Waals surface area (Å²) in [6.45, 7) is 0.935. The van der Waals surface area contributed by atoms with E-state index in [0.29, 0.717) is 17.0 Å². The predicted molar refractivity (Wildman–Crippen MR) is 87.2 cm³/mol. The number of esters is 1. The van der Waals surface area contributed by atoms with Crippen LogP contribution < -0.4 is 10.1 Å². The van der Waals surface area contributed by atoms with Crippen molar-refractivity contribution in [2.45, 2.75) is 13.0 Å². The van der Waals surface area contributed by atoms with E-state index in [9.17, 15) is 14.0 Å². The van der Waals surface area contributed by atoms with E-state index in [-0.39, 0.29) is 0 Å². The fraction of sp³-hybridized carbons (Fsp3) is 0.167. The number of halogens is 1. The number of hydrogen-bond donors (Lipinski definition) is 1. The van der Waals surface area contributed by atoms with Crippen LogP contribution in [0.2, 0.25) is 0 Å². The number of amides is 1. The second-order valence-corrected chi connectivity index (χ2v) is 5.03. The lowest BCUT2D eigenvalue weighted by atomic mass is 10.2. The van der Waals surface area contributed by atoms with Gasteiger partial charge in [0.2, 0.25) is 0 Å². The van der Waals surface area contributed by atoms with Crippen molar-refractivity contribution in [2.24, 2.45) is 0 Å². The number of benzene rings is 2. The molecule has 7 heteroatoms. The normalized spacial score (nSPS) is 11.1. The Hall–Kier alpha value is -3.40. The molecular formula is C18H15FN2O4. The van der Waals surface area contributed by atoms with Crippen LogP contribution in [-0.4, -0.2) is 24.6 Å². The number of carbonyl (C=O) groups excluding carboxylic acids is 2. The van der Waals surface area contributed by atoms with E-state index < -0.39 is 30.4 Å². The van der Waals surface area contributed by atoms with Crippen LogP contribution in [0, 0.1) is 17.1 Å². The zero-order valence-electron chi connectivity index (χ0n) is 13.4. The molecule has 1 amide bonds. The van der Waals surface area contributed by atoms with Gasteiger partial charge >= 0.3 is 5.97 Å². The third-order valence-corrected chi connectivity index (χ3v) is 3.13. The van der Waals surface area contributed by atoms with Gasteiger partial charge in [0.1, 0.15) is 17.6 Å². The minimum atomic E-state index is -0.968. The Morgan fingerprint density at radius 1 is 1.20 bits per heavy atom. The van der Waals surface area contributed by atoms with Gasteiger partial charge in [0.25, 0.3) is 5.91 Å². The summed E-state index contributed by atoms with van der Waals surface area (Å²) in [6, 6.07) is 13.6. The molecule has 0 spiro atoms. The van der Waals surface area contributed by atoms with E-state index in [1.165, 1.54) is 31.2 Å². The van der Waals surface area contributed by atoms with Crippen molar-refractivity contribution in [2.75, 3.05) is 11.9 Å². The van der Waals surface area contributed by atoms with Gasteiger partial charge < -0.3 is 14.8 Å². The average molecular weight is 342 g/mol. The van der Waals surface area contributed by atoms with Gasteiger partial charge in [0.15, 0.2) is 12.7 Å². The number of nitriles is 1. The third kappa shape index (κ3) is 5.32. The number of hydrogen-bond acceptors (Lipinski definition) is 5. The third-order valence-electron chi connectivity index (χ3n) is 3.13. The van der Waals surface area contributed by atoms with Crippen LogP contribution in [0.25, 0.3) is 0 Å². The molecule has 0 aliphatic rings. The first kappa shape index (κ1) is 17.9. The number of rotatable bonds is 6. The summed E-state index contributed by atoms with van der Waals surface area (Å²) in [7, 11) is 0. The minimum absolute atomic E-state index is 0.301. The van der Waals surface area contributed by atoms with Gasteiger partial charge in [0.05, 0.1) is 11.3 Å². The van der Waals surface area contributed by atoms with Crippen LogP contribution in [0.1, 0.15) is 12.5 Å². The fourth-order valence-electron chi connectivity index (χ4n) is 1.90. The molecule has 1 atom stereocenters. The van der Waals surface area contributed by atoms with Crippen LogP contribution >= 0.6 is 0 Å². The Balaban J connectivity index is 1.83. The Bertz CT molecular complexity index is 799. The summed E-state index contributed by atoms with van der Waals surface area (Å²) in [6.07, 6.45) is -0.968. The summed E-state index contributed by atoms with van der Waals surface area (Å²) in [5.74, 6) is -1.44. The number of nitrogens with one attached hydrogen (secondary N) is 1. The summed E-state index contributed by atoms with van der Waals surface area (Å²) in [5, 5.41) is 11.4. The maximum absolute atomic E-state index is 12.8. The second-order valence-electron chi connectivity index (χ2n) is 5.03. The molecule has 0 aromatic heterocycles. The first-order valence-corrected chi connectivity index (χ1v) is 7.37. The molecule has 0 unspecified atom stereocenters. The summed E-state index contributed by atoms with van der Waals surface area (Å²) >= 11 is 0. The molecule has 0 fully saturated rings. The van der Waals surface area contributed by atoms with Crippen molar-refractivity contribution in [3.05, 3.63) is 59.9 Å². The summed E-state index contributed by atoms with van der Waals surface area (Å²) in [4.78, 5) is 23.7. The lowest BCUT2D eigenvalue weighted by Crippen LogP contribution is -2.29. The first-order chi connectivity index (χ1) is 12.0. The van der Waals surface area contributed by atoms with Crippen LogP contribution in [0.3, 0.4) is 0 Å². The minimum Gasteiger partial charge on any atom is -0.479 e. The Kier molecular flexibility index (Phi) is 6.07. The predicted octanol–water partition coefficient (Wildman–Crippen LogP) is 2.65. The van der Waals surface area contributed by atoms with Crippen LogP contribution in [0.4, 0.5) is 10.1 Å². The maximum atomic E-state index is 12.8. The highest BCUT2D eigenvalue weighted by atomic mass is 19.1. The number of carbonyl (C=O) groups is 2. The molecule has 128 valence electrons. The van der Waals surface area contributed by atoms with Crippen LogP contribution in [0.15, 0.2) is 48.5 Å². The molecule has 25 heavy (non-hydrogen) atoms. The van der Waals surface area contributed by atoms with E-state index in [4.69, 9.17) is 14.7 Å². The Labute approximate surface area is 143 Å². The molecule has 0 bridgehead atoms. The molecule has 2 rings (SSSR count). The highest BCUT2D eigenvalue weighted by Crippen LogP contribution is 2.14. The SMILES string of the molecule is C[C@H](Oc1ccc(F)cc1)C(=O)OCC(=O)Nc1ccccc1C#N. The van der Waals surface area contributed by atoms with Crippen molar-refractivity contribution in [3.63, 3.8) is 0 Å². The van der Waals surface area contributed by atoms with E-state index in [1.807, 2.05) is 6.07 Å². The van der Waals surface area contributed by atoms with Crippen LogP contribution in [-0.2, 0) is 14.3 Å². The van der Waals surface area contributed by atoms with Gasteiger partial charge in [-0.15, -0.1) is 0 Å². The lowest BCUT2D eigenvalue weighted by Gasteiger charge is -2.14. The van der Waals surface area contributed by atoms with Crippen molar-refractivity contribution in [1.82, 2.24) is 0 Å². The Morgan fingerprint density at radius 2 is 1.88 bits per heavy atom. The molecule has 0 aliphatic carbocycles. The highest BCUT2D eigenvalue weighted by molar-refractivity contribution is 5.94. The molecular weight excluding hydrogens is 327 g/mol. The molecule has 0 radical (unpaired) electrons. The molecule has 0 saturated carbocycles. The number of ether oxygens (including phenoxy) is 2. The smallest absolute Gasteiger partial charge is 0.347 e. The van der Waals surface area contributed by atoms with Gasteiger partial charge in [-0.25, -0.2) is 9.18 Å². The number of anilines is 1. The molecule has 0 saturated heterocycles. The van der Waals surface area contributed by atoms with Gasteiger partial charge in [-0.1, -0.05) is 12.1 Å². The summed E-state index contributed by atoms with van der Waals surface area (Å²) < 4.78 is 23.0. The largest absolute Gasteiger partial charge is 0.479 e. The zero-order valence-corrected chi connectivity index (χ0v) is 13.4. The highest BCUT2D eigenvalue weighted by Gasteiger charge is 2.18. The van der Waals surface area contributed by atoms with E-state index in [0.717, 1.165) is 0 Å². The van der Waals surface area contributed by atoms with Crippen LogP contribution in [0.5, 0.6) is 5.75 Å². The van der Waals surface area contributed by atoms with E-state index >= 15 is 0 Å². The number of para-hydroxylation sites is 1. The van der Waals surface area contributed by atoms with Gasteiger partial charge in [-0.05, 0) is 43.3 Å². The second kappa shape index (κ2) is 8.45. The van der Waals surface area contributed by atoms with Gasteiger partial charge in [-0.2, -0.15) is 5.26 Å². The van der Waals surface area contributed by atoms with E-state index in [2.05, 4.69) is 5.32 Å². The molecule has 2 aromatic rings. The molecule has 6 nitrogen and oxygen atoms in total. The molecule has 0 aliphatic heterocycles. The summed E-state index contributed by atoms with van der Waals surface area (Å²) in [5.41, 5.74) is 0.636. The van der Waals surface area contributed by atoms with Crippen molar-refractivity contribution in [3.8, 4) is 11.8 Å². The van der Waals surface area contributed by atoms with E-state index in [1.54, 1.807) is 24.3 Å². The molecule has 0 heterocycles. The molecule has 1 N–H and O–H groups in total. The average Bonchev–Trinajstić information content (AvgIpc) is 2.62. The Morgan fingerprint density at radius 3 is 2.56 bits per heavy atom. The topological polar surface area (TPSA) is 88.4 Å². The molecule has 2 aromatic carbocycles. The first-order valence-electron chi connectivity index (χ1n) is 7.37.